The Morgan fingerprint density at radius 2 is 1.70 bits per heavy atom. The largest absolute Gasteiger partial charge is 0.491 e. The highest BCUT2D eigenvalue weighted by Crippen LogP contribution is 2.53. The Morgan fingerprint density at radius 1 is 1.02 bits per heavy atom. The van der Waals surface area contributed by atoms with Gasteiger partial charge in [0.2, 0.25) is 0 Å². The standard InChI is InChI=1S/C42H55N5O8S.ClH/c1-29(2)55-39-7-5-4-6-35(39)38-28-54-23-22-46(38)33-25-42(26-33)18-20-45(21-19-42)32-10-8-31(9-11-32)40(48)44-56(52,53)34-12-13-36(37(24-34)47(50)51)43-27-30-14-16-41(3,49)17-15-30;/h4-13,24,29-30,33,38,43,49H,14-23,25-28H2,1-3H3,(H,44,48);1H/t30?,38-,41?;/m0./s1. The van der Waals surface area contributed by atoms with E-state index in [1.165, 1.54) is 17.7 Å². The van der Waals surface area contributed by atoms with E-state index in [2.05, 4.69) is 51.9 Å². The van der Waals surface area contributed by atoms with Gasteiger partial charge in [0.15, 0.2) is 0 Å². The van der Waals surface area contributed by atoms with Gasteiger partial charge in [-0.2, -0.15) is 0 Å². The molecule has 4 aliphatic rings. The molecule has 0 aromatic heterocycles. The third-order valence-corrected chi connectivity index (χ3v) is 13.7. The van der Waals surface area contributed by atoms with Crippen LogP contribution in [0.25, 0.3) is 0 Å². The SMILES string of the molecule is CC(C)Oc1ccccc1[C@@H]1COCCN1C1CC2(CCN(c3ccc(C(=O)NS(=O)(=O)c4ccc(NCC5CCC(C)(O)CC5)c([N+](=O)[O-])c4)cc3)CC2)C1.Cl. The molecular formula is C42H56ClN5O8S. The van der Waals surface area contributed by atoms with Crippen LogP contribution in [0.1, 0.15) is 94.1 Å². The molecule has 7 rings (SSSR count). The van der Waals surface area contributed by atoms with Crippen molar-refractivity contribution in [3.63, 3.8) is 0 Å². The Balaban J connectivity index is 0.00000549. The van der Waals surface area contributed by atoms with Gasteiger partial charge in [-0.1, -0.05) is 18.2 Å². The number of para-hydroxylation sites is 1. The zero-order valence-electron chi connectivity index (χ0n) is 33.0. The van der Waals surface area contributed by atoms with Crippen LogP contribution in [0.4, 0.5) is 17.1 Å². The monoisotopic (exact) mass is 825 g/mol. The van der Waals surface area contributed by atoms with Gasteiger partial charge in [0.25, 0.3) is 21.6 Å². The molecule has 3 N–H and O–H groups in total. The number of nitro benzene ring substituents is 1. The normalized spacial score (nSPS) is 24.0. The number of carbonyl (C=O) groups excluding carboxylic acids is 1. The van der Waals surface area contributed by atoms with E-state index in [0.29, 0.717) is 37.5 Å². The molecule has 1 spiro atoms. The van der Waals surface area contributed by atoms with Crippen LogP contribution in [-0.2, 0) is 14.8 Å². The summed E-state index contributed by atoms with van der Waals surface area (Å²) in [7, 11) is -4.39. The van der Waals surface area contributed by atoms with Crippen LogP contribution in [0, 0.1) is 21.4 Å². The van der Waals surface area contributed by atoms with Gasteiger partial charge in [-0.05, 0) is 126 Å². The number of aliphatic hydroxyl groups is 1. The summed E-state index contributed by atoms with van der Waals surface area (Å²) in [4.78, 5) is 29.0. The first kappa shape index (κ1) is 42.7. The lowest BCUT2D eigenvalue weighted by Crippen LogP contribution is -2.57. The molecule has 2 aliphatic carbocycles. The van der Waals surface area contributed by atoms with Gasteiger partial charge in [-0.3, -0.25) is 19.8 Å². The summed E-state index contributed by atoms with van der Waals surface area (Å²) in [6, 6.07) is 19.5. The first-order valence-electron chi connectivity index (χ1n) is 20.0. The molecule has 1 amide bonds. The highest BCUT2D eigenvalue weighted by atomic mass is 35.5. The highest BCUT2D eigenvalue weighted by molar-refractivity contribution is 7.90. The van der Waals surface area contributed by atoms with Crippen LogP contribution < -0.4 is 19.7 Å². The van der Waals surface area contributed by atoms with Crippen LogP contribution in [0.3, 0.4) is 0 Å². The number of rotatable bonds is 12. The summed E-state index contributed by atoms with van der Waals surface area (Å²) in [5.41, 5.74) is 1.78. The van der Waals surface area contributed by atoms with E-state index in [1.54, 1.807) is 12.1 Å². The lowest BCUT2D eigenvalue weighted by atomic mass is 9.59. The average Bonchev–Trinajstić information content (AvgIpc) is 3.16. The van der Waals surface area contributed by atoms with Crippen molar-refractivity contribution in [3.05, 3.63) is 88.0 Å². The van der Waals surface area contributed by atoms with E-state index in [1.807, 2.05) is 25.1 Å². The van der Waals surface area contributed by atoms with Crippen LogP contribution >= 0.6 is 12.4 Å². The van der Waals surface area contributed by atoms with E-state index in [-0.39, 0.29) is 46.6 Å². The molecule has 3 aromatic rings. The smallest absolute Gasteiger partial charge is 0.293 e. The summed E-state index contributed by atoms with van der Waals surface area (Å²) < 4.78 is 40.7. The lowest BCUT2D eigenvalue weighted by molar-refractivity contribution is -0.384. The van der Waals surface area contributed by atoms with E-state index >= 15 is 0 Å². The van der Waals surface area contributed by atoms with Gasteiger partial charge in [-0.25, -0.2) is 13.1 Å². The number of carbonyl (C=O) groups is 1. The summed E-state index contributed by atoms with van der Waals surface area (Å²) >= 11 is 0. The number of piperidine rings is 1. The van der Waals surface area contributed by atoms with E-state index < -0.39 is 32.1 Å². The van der Waals surface area contributed by atoms with Gasteiger partial charge in [0, 0.05) is 55.1 Å². The Bertz CT molecular complexity index is 1990. The van der Waals surface area contributed by atoms with Gasteiger partial charge in [0.1, 0.15) is 11.4 Å². The van der Waals surface area contributed by atoms with Gasteiger partial charge in [0.05, 0.1) is 40.8 Å². The van der Waals surface area contributed by atoms with Crippen molar-refractivity contribution in [1.82, 2.24) is 9.62 Å². The summed E-state index contributed by atoms with van der Waals surface area (Å²) in [5.74, 6) is 0.357. The highest BCUT2D eigenvalue weighted by Gasteiger charge is 2.49. The van der Waals surface area contributed by atoms with E-state index in [4.69, 9.17) is 9.47 Å². The maximum Gasteiger partial charge on any atom is 0.293 e. The number of anilines is 2. The lowest BCUT2D eigenvalue weighted by Gasteiger charge is -2.57. The minimum Gasteiger partial charge on any atom is -0.491 e. The predicted octanol–water partition coefficient (Wildman–Crippen LogP) is 7.10. The van der Waals surface area contributed by atoms with Crippen molar-refractivity contribution in [3.8, 4) is 5.75 Å². The molecule has 2 saturated carbocycles. The van der Waals surface area contributed by atoms with E-state index in [9.17, 15) is 28.4 Å². The molecule has 2 saturated heterocycles. The second kappa shape index (κ2) is 17.5. The number of morpholine rings is 1. The number of halogens is 1. The molecule has 310 valence electrons. The third-order valence-electron chi connectivity index (χ3n) is 12.4. The molecule has 4 fully saturated rings. The molecule has 15 heteroatoms. The maximum absolute atomic E-state index is 13.2. The fourth-order valence-corrected chi connectivity index (χ4v) is 10.1. The van der Waals surface area contributed by atoms with E-state index in [0.717, 1.165) is 82.3 Å². The number of ether oxygens (including phenoxy) is 2. The molecule has 2 aliphatic heterocycles. The summed E-state index contributed by atoms with van der Waals surface area (Å²) in [5, 5.41) is 25.2. The number of nitrogens with zero attached hydrogens (tertiary/aromatic N) is 3. The number of amides is 1. The zero-order valence-corrected chi connectivity index (χ0v) is 34.7. The molecule has 2 heterocycles. The molecule has 13 nitrogen and oxygen atoms in total. The van der Waals surface area contributed by atoms with Gasteiger partial charge < -0.3 is 24.8 Å². The fourth-order valence-electron chi connectivity index (χ4n) is 9.06. The van der Waals surface area contributed by atoms with Crippen molar-refractivity contribution < 1.29 is 32.7 Å². The molecule has 0 unspecified atom stereocenters. The summed E-state index contributed by atoms with van der Waals surface area (Å²) in [6.07, 6.45) is 7.46. The predicted molar refractivity (Wildman–Crippen MR) is 222 cm³/mol. The topological polar surface area (TPSA) is 164 Å². The van der Waals surface area contributed by atoms with Crippen molar-refractivity contribution in [2.24, 2.45) is 11.3 Å². The Morgan fingerprint density at radius 3 is 2.37 bits per heavy atom. The van der Waals surface area contributed by atoms with Crippen LogP contribution in [-0.4, -0.2) is 86.4 Å². The molecule has 0 bridgehead atoms. The number of hydrogen-bond acceptors (Lipinski definition) is 11. The number of hydrogen-bond donors (Lipinski definition) is 3. The third kappa shape index (κ3) is 9.85. The second-order valence-electron chi connectivity index (χ2n) is 16.8. The van der Waals surface area contributed by atoms with Crippen molar-refractivity contribution >= 4 is 45.4 Å². The maximum atomic E-state index is 13.2. The van der Waals surface area contributed by atoms with Crippen LogP contribution in [0.5, 0.6) is 5.75 Å². The summed E-state index contributed by atoms with van der Waals surface area (Å²) in [6.45, 7) is 10.5. The Labute approximate surface area is 342 Å². The quantitative estimate of drug-likeness (QED) is 0.126. The fraction of sp³-hybridized carbons (Fsp3) is 0.548. The number of benzene rings is 3. The van der Waals surface area contributed by atoms with Crippen LogP contribution in [0.15, 0.2) is 71.6 Å². The number of nitrogens with one attached hydrogen (secondary N) is 2. The minimum absolute atomic E-state index is 0. The number of sulfonamides is 1. The average molecular weight is 826 g/mol. The Kier molecular flexibility index (Phi) is 13.1. The second-order valence-corrected chi connectivity index (χ2v) is 18.5. The first-order chi connectivity index (χ1) is 26.7. The number of nitro groups is 1. The molecular weight excluding hydrogens is 770 g/mol. The molecule has 3 aromatic carbocycles. The minimum atomic E-state index is -4.39. The molecule has 0 radical (unpaired) electrons. The van der Waals surface area contributed by atoms with Crippen LogP contribution in [0.2, 0.25) is 0 Å². The van der Waals surface area contributed by atoms with Gasteiger partial charge >= 0.3 is 0 Å². The van der Waals surface area contributed by atoms with Crippen molar-refractivity contribution in [2.75, 3.05) is 49.6 Å². The molecule has 1 atom stereocenters. The van der Waals surface area contributed by atoms with Gasteiger partial charge in [-0.15, -0.1) is 12.4 Å². The first-order valence-corrected chi connectivity index (χ1v) is 21.5. The van der Waals surface area contributed by atoms with Crippen molar-refractivity contribution in [1.29, 1.82) is 0 Å². The Hall–Kier alpha value is -3.95. The molecule has 57 heavy (non-hydrogen) atoms. The van der Waals surface area contributed by atoms with Crippen molar-refractivity contribution in [2.45, 2.75) is 101 Å². The zero-order chi connectivity index (χ0) is 39.7.